The average Bonchev–Trinajstić information content (AvgIpc) is 2.46. The maximum absolute atomic E-state index is 11.7. The summed E-state index contributed by atoms with van der Waals surface area (Å²) in [6.07, 6.45) is 3.53. The fourth-order valence-electron chi connectivity index (χ4n) is 1.84. The summed E-state index contributed by atoms with van der Waals surface area (Å²) < 4.78 is 4.55. The number of anilines is 1. The molecule has 0 spiro atoms. The van der Waals surface area contributed by atoms with Crippen molar-refractivity contribution in [3.63, 3.8) is 0 Å². The van der Waals surface area contributed by atoms with Crippen molar-refractivity contribution in [1.29, 1.82) is 0 Å². The second-order valence-electron chi connectivity index (χ2n) is 4.64. The molecule has 0 radical (unpaired) electrons. The monoisotopic (exact) mass is 278 g/mol. The Bertz CT molecular complexity index is 420. The normalized spacial score (nSPS) is 11.7. The Morgan fingerprint density at radius 1 is 1.20 bits per heavy atom. The van der Waals surface area contributed by atoms with E-state index in [1.54, 1.807) is 0 Å². The van der Waals surface area contributed by atoms with E-state index in [2.05, 4.69) is 10.1 Å². The second kappa shape index (κ2) is 9.09. The summed E-state index contributed by atoms with van der Waals surface area (Å²) >= 11 is 0. The molecule has 5 nitrogen and oxygen atoms in total. The van der Waals surface area contributed by atoms with Gasteiger partial charge in [-0.2, -0.15) is 0 Å². The van der Waals surface area contributed by atoms with Crippen LogP contribution >= 0.6 is 0 Å². The van der Waals surface area contributed by atoms with Crippen LogP contribution in [0.5, 0.6) is 0 Å². The number of carbonyl (C=O) groups is 2. The first-order valence-corrected chi connectivity index (χ1v) is 6.82. The van der Waals surface area contributed by atoms with Crippen molar-refractivity contribution < 1.29 is 14.3 Å². The highest BCUT2D eigenvalue weighted by atomic mass is 16.5. The van der Waals surface area contributed by atoms with Crippen LogP contribution < -0.4 is 11.1 Å². The lowest BCUT2D eigenvalue weighted by atomic mass is 10.1. The summed E-state index contributed by atoms with van der Waals surface area (Å²) in [5.41, 5.74) is 6.43. The molecule has 1 aromatic rings. The minimum Gasteiger partial charge on any atom is -0.468 e. The van der Waals surface area contributed by atoms with Gasteiger partial charge >= 0.3 is 5.97 Å². The largest absolute Gasteiger partial charge is 0.468 e. The number of ether oxygens (including phenoxy) is 1. The number of hydrogen-bond donors (Lipinski definition) is 2. The Balaban J connectivity index is 2.09. The van der Waals surface area contributed by atoms with E-state index in [1.165, 1.54) is 7.11 Å². The standard InChI is InChI=1S/C15H22N2O3/c1-20-15(19)13(16)10-6-3-7-11-14(18)17-12-8-4-2-5-9-12/h2,4-5,8-9,13H,3,6-7,10-11,16H2,1H3,(H,17,18). The molecule has 0 saturated heterocycles. The zero-order valence-corrected chi connectivity index (χ0v) is 11.8. The molecule has 0 bridgehead atoms. The zero-order valence-electron chi connectivity index (χ0n) is 11.8. The molecule has 1 atom stereocenters. The lowest BCUT2D eigenvalue weighted by Gasteiger charge is -2.08. The summed E-state index contributed by atoms with van der Waals surface area (Å²) in [7, 11) is 1.33. The van der Waals surface area contributed by atoms with Crippen molar-refractivity contribution in [1.82, 2.24) is 0 Å². The van der Waals surface area contributed by atoms with Gasteiger partial charge in [0.25, 0.3) is 0 Å². The van der Waals surface area contributed by atoms with Crippen LogP contribution in [0.2, 0.25) is 0 Å². The number of hydrogen-bond acceptors (Lipinski definition) is 4. The Hall–Kier alpha value is -1.88. The highest BCUT2D eigenvalue weighted by Crippen LogP contribution is 2.09. The highest BCUT2D eigenvalue weighted by Gasteiger charge is 2.12. The number of amides is 1. The predicted molar refractivity (Wildman–Crippen MR) is 78.1 cm³/mol. The average molecular weight is 278 g/mol. The molecular formula is C15H22N2O3. The van der Waals surface area contributed by atoms with Crippen LogP contribution in [0.3, 0.4) is 0 Å². The van der Waals surface area contributed by atoms with E-state index in [-0.39, 0.29) is 11.9 Å². The molecule has 1 amide bonds. The van der Waals surface area contributed by atoms with E-state index < -0.39 is 6.04 Å². The lowest BCUT2D eigenvalue weighted by Crippen LogP contribution is -2.31. The smallest absolute Gasteiger partial charge is 0.322 e. The van der Waals surface area contributed by atoms with Crippen molar-refractivity contribution in [2.45, 2.75) is 38.1 Å². The van der Waals surface area contributed by atoms with Gasteiger partial charge in [0.1, 0.15) is 6.04 Å². The van der Waals surface area contributed by atoms with Crippen molar-refractivity contribution in [3.05, 3.63) is 30.3 Å². The van der Waals surface area contributed by atoms with Crippen molar-refractivity contribution in [3.8, 4) is 0 Å². The van der Waals surface area contributed by atoms with Gasteiger partial charge in [0.05, 0.1) is 7.11 Å². The SMILES string of the molecule is COC(=O)C(N)CCCCCC(=O)Nc1ccccc1. The number of benzene rings is 1. The molecule has 3 N–H and O–H groups in total. The zero-order chi connectivity index (χ0) is 14.8. The third-order valence-electron chi connectivity index (χ3n) is 2.98. The molecular weight excluding hydrogens is 256 g/mol. The van der Waals surface area contributed by atoms with Crippen molar-refractivity contribution in [2.75, 3.05) is 12.4 Å². The minimum atomic E-state index is -0.557. The van der Waals surface area contributed by atoms with Gasteiger partial charge in [-0.15, -0.1) is 0 Å². The fraction of sp³-hybridized carbons (Fsp3) is 0.467. The number of para-hydroxylation sites is 1. The van der Waals surface area contributed by atoms with E-state index in [1.807, 2.05) is 30.3 Å². The fourth-order valence-corrected chi connectivity index (χ4v) is 1.84. The molecule has 1 rings (SSSR count). The van der Waals surface area contributed by atoms with Gasteiger partial charge in [0, 0.05) is 12.1 Å². The maximum Gasteiger partial charge on any atom is 0.322 e. The molecule has 0 aliphatic heterocycles. The van der Waals surface area contributed by atoms with Crippen molar-refractivity contribution in [2.24, 2.45) is 5.73 Å². The molecule has 0 aromatic heterocycles. The molecule has 0 aliphatic carbocycles. The van der Waals surface area contributed by atoms with Crippen LogP contribution in [0.25, 0.3) is 0 Å². The first kappa shape index (κ1) is 16.2. The number of nitrogens with one attached hydrogen (secondary N) is 1. The second-order valence-corrected chi connectivity index (χ2v) is 4.64. The first-order chi connectivity index (χ1) is 9.63. The number of methoxy groups -OCH3 is 1. The Morgan fingerprint density at radius 3 is 2.55 bits per heavy atom. The van der Waals surface area contributed by atoms with Gasteiger partial charge in [-0.25, -0.2) is 0 Å². The van der Waals surface area contributed by atoms with Crippen LogP contribution in [0.4, 0.5) is 5.69 Å². The van der Waals surface area contributed by atoms with Crippen LogP contribution in [0, 0.1) is 0 Å². The Labute approximate surface area is 119 Å². The quantitative estimate of drug-likeness (QED) is 0.563. The summed E-state index contributed by atoms with van der Waals surface area (Å²) in [6.45, 7) is 0. The lowest BCUT2D eigenvalue weighted by molar-refractivity contribution is -0.142. The van der Waals surface area contributed by atoms with E-state index in [9.17, 15) is 9.59 Å². The predicted octanol–water partition coefficient (Wildman–Crippen LogP) is 2.08. The maximum atomic E-state index is 11.7. The van der Waals surface area contributed by atoms with Crippen molar-refractivity contribution >= 4 is 17.6 Å². The van der Waals surface area contributed by atoms with Crippen LogP contribution in [0.1, 0.15) is 32.1 Å². The molecule has 0 heterocycles. The highest BCUT2D eigenvalue weighted by molar-refractivity contribution is 5.90. The van der Waals surface area contributed by atoms with Crippen LogP contribution in [0.15, 0.2) is 30.3 Å². The molecule has 110 valence electrons. The summed E-state index contributed by atoms with van der Waals surface area (Å²) in [6, 6.07) is 8.81. The van der Waals surface area contributed by atoms with Gasteiger partial charge in [0.15, 0.2) is 0 Å². The number of rotatable bonds is 8. The molecule has 0 fully saturated rings. The van der Waals surface area contributed by atoms with Gasteiger partial charge < -0.3 is 15.8 Å². The molecule has 1 unspecified atom stereocenters. The molecule has 20 heavy (non-hydrogen) atoms. The van der Waals surface area contributed by atoms with Crippen LogP contribution in [-0.2, 0) is 14.3 Å². The number of nitrogens with two attached hydrogens (primary N) is 1. The third kappa shape index (κ3) is 6.33. The summed E-state index contributed by atoms with van der Waals surface area (Å²) in [5.74, 6) is -0.375. The van der Waals surface area contributed by atoms with E-state index in [0.29, 0.717) is 12.8 Å². The van der Waals surface area contributed by atoms with Gasteiger partial charge in [-0.3, -0.25) is 9.59 Å². The third-order valence-corrected chi connectivity index (χ3v) is 2.98. The molecule has 5 heteroatoms. The number of carbonyl (C=O) groups excluding carboxylic acids is 2. The van der Waals surface area contributed by atoms with Gasteiger partial charge in [0.2, 0.25) is 5.91 Å². The summed E-state index contributed by atoms with van der Waals surface area (Å²) in [5, 5.41) is 2.83. The molecule has 0 saturated carbocycles. The Morgan fingerprint density at radius 2 is 1.90 bits per heavy atom. The van der Waals surface area contributed by atoms with Crippen LogP contribution in [-0.4, -0.2) is 25.0 Å². The summed E-state index contributed by atoms with van der Waals surface area (Å²) in [4.78, 5) is 22.7. The van der Waals surface area contributed by atoms with E-state index >= 15 is 0 Å². The van der Waals surface area contributed by atoms with Gasteiger partial charge in [-0.05, 0) is 25.0 Å². The topological polar surface area (TPSA) is 81.4 Å². The molecule has 1 aromatic carbocycles. The number of unbranched alkanes of at least 4 members (excludes halogenated alkanes) is 2. The Kier molecular flexibility index (Phi) is 7.35. The first-order valence-electron chi connectivity index (χ1n) is 6.82. The molecule has 0 aliphatic rings. The minimum absolute atomic E-state index is 0.00784. The number of esters is 1. The van der Waals surface area contributed by atoms with E-state index in [0.717, 1.165) is 24.9 Å². The van der Waals surface area contributed by atoms with E-state index in [4.69, 9.17) is 5.73 Å². The van der Waals surface area contributed by atoms with Gasteiger partial charge in [-0.1, -0.05) is 31.0 Å².